The minimum atomic E-state index is -0.909. The van der Waals surface area contributed by atoms with Gasteiger partial charge in [-0.15, -0.1) is 0 Å². The quantitative estimate of drug-likeness (QED) is 0.300. The van der Waals surface area contributed by atoms with E-state index in [1.54, 1.807) is 24.4 Å². The minimum Gasteiger partial charge on any atom is -0.507 e. The molecular weight excluding hydrogens is 403 g/mol. The number of likely N-dealkylation sites (tertiary alicyclic amines) is 1. The number of halogens is 1. The van der Waals surface area contributed by atoms with E-state index in [4.69, 9.17) is 9.47 Å². The lowest BCUT2D eigenvalue weighted by Crippen LogP contribution is -2.31. The fraction of sp³-hybridized carbons (Fsp3) is 0.348. The summed E-state index contributed by atoms with van der Waals surface area (Å²) in [6.07, 6.45) is 2.08. The van der Waals surface area contributed by atoms with Crippen molar-refractivity contribution in [3.63, 3.8) is 0 Å². The highest BCUT2D eigenvalue weighted by molar-refractivity contribution is 6.46. The van der Waals surface area contributed by atoms with Gasteiger partial charge in [-0.3, -0.25) is 14.6 Å². The van der Waals surface area contributed by atoms with Gasteiger partial charge in [-0.25, -0.2) is 4.39 Å². The summed E-state index contributed by atoms with van der Waals surface area (Å²) < 4.78 is 24.6. The maximum absolute atomic E-state index is 13.9. The van der Waals surface area contributed by atoms with Gasteiger partial charge in [0.2, 0.25) is 0 Å². The lowest BCUT2D eigenvalue weighted by Gasteiger charge is -2.24. The van der Waals surface area contributed by atoms with Crippen molar-refractivity contribution in [3.05, 3.63) is 65.2 Å². The fourth-order valence-corrected chi connectivity index (χ4v) is 3.52. The summed E-state index contributed by atoms with van der Waals surface area (Å²) >= 11 is 0. The number of benzene rings is 1. The smallest absolute Gasteiger partial charge is 0.295 e. The van der Waals surface area contributed by atoms with Gasteiger partial charge < -0.3 is 19.5 Å². The van der Waals surface area contributed by atoms with Crippen LogP contribution in [0.15, 0.2) is 48.2 Å². The molecule has 1 aliphatic heterocycles. The molecule has 1 fully saturated rings. The zero-order chi connectivity index (χ0) is 22.5. The van der Waals surface area contributed by atoms with Crippen molar-refractivity contribution < 1.29 is 28.6 Å². The van der Waals surface area contributed by atoms with E-state index < -0.39 is 29.3 Å². The monoisotopic (exact) mass is 428 g/mol. The van der Waals surface area contributed by atoms with Crippen LogP contribution >= 0.6 is 0 Å². The van der Waals surface area contributed by atoms with Crippen LogP contribution in [0, 0.1) is 5.82 Å². The van der Waals surface area contributed by atoms with E-state index >= 15 is 0 Å². The van der Waals surface area contributed by atoms with E-state index in [1.165, 1.54) is 24.1 Å². The number of hydrogen-bond acceptors (Lipinski definition) is 6. The highest BCUT2D eigenvalue weighted by atomic mass is 19.1. The first-order valence-electron chi connectivity index (χ1n) is 10.00. The molecule has 7 nitrogen and oxygen atoms in total. The first kappa shape index (κ1) is 22.4. The first-order valence-corrected chi connectivity index (χ1v) is 10.00. The molecule has 1 aliphatic rings. The Kier molecular flexibility index (Phi) is 7.02. The molecule has 164 valence electrons. The molecule has 31 heavy (non-hydrogen) atoms. The second-order valence-electron chi connectivity index (χ2n) is 7.36. The van der Waals surface area contributed by atoms with Crippen molar-refractivity contribution in [1.29, 1.82) is 0 Å². The number of rotatable bonds is 8. The van der Waals surface area contributed by atoms with Crippen LogP contribution in [0.25, 0.3) is 5.76 Å². The molecule has 3 rings (SSSR count). The van der Waals surface area contributed by atoms with E-state index in [0.29, 0.717) is 18.7 Å². The van der Waals surface area contributed by atoms with Crippen molar-refractivity contribution in [2.24, 2.45) is 0 Å². The number of ketones is 1. The van der Waals surface area contributed by atoms with Crippen molar-refractivity contribution in [1.82, 2.24) is 9.88 Å². The number of ether oxygens (including phenoxy) is 2. The summed E-state index contributed by atoms with van der Waals surface area (Å²) in [4.78, 5) is 31.4. The van der Waals surface area contributed by atoms with Crippen LogP contribution in [-0.4, -0.2) is 53.0 Å². The molecule has 0 radical (unpaired) electrons. The molecule has 1 unspecified atom stereocenters. The summed E-state index contributed by atoms with van der Waals surface area (Å²) in [7, 11) is 1.37. The third-order valence-corrected chi connectivity index (χ3v) is 4.92. The van der Waals surface area contributed by atoms with Crippen LogP contribution < -0.4 is 4.74 Å². The number of methoxy groups -OCH3 is 1. The number of aliphatic hydroxyl groups excluding tert-OH is 1. The Morgan fingerprint density at radius 2 is 2.03 bits per heavy atom. The molecule has 1 atom stereocenters. The molecule has 1 aromatic carbocycles. The van der Waals surface area contributed by atoms with Gasteiger partial charge in [-0.2, -0.15) is 0 Å². The molecule has 2 heterocycles. The van der Waals surface area contributed by atoms with Crippen LogP contribution in [-0.2, 0) is 14.3 Å². The molecule has 1 amide bonds. The van der Waals surface area contributed by atoms with Crippen LogP contribution in [0.4, 0.5) is 4.39 Å². The summed E-state index contributed by atoms with van der Waals surface area (Å²) in [5, 5.41) is 11.0. The van der Waals surface area contributed by atoms with Gasteiger partial charge in [0.05, 0.1) is 30.0 Å². The third kappa shape index (κ3) is 4.74. The normalized spacial score (nSPS) is 18.1. The summed E-state index contributed by atoms with van der Waals surface area (Å²) in [6.45, 7) is 4.46. The summed E-state index contributed by atoms with van der Waals surface area (Å²) in [6, 6.07) is 7.79. The number of amides is 1. The van der Waals surface area contributed by atoms with E-state index in [1.807, 2.05) is 13.8 Å². The molecule has 0 spiro atoms. The summed E-state index contributed by atoms with van der Waals surface area (Å²) in [5.41, 5.74) is 0.255. The first-order chi connectivity index (χ1) is 14.8. The Morgan fingerprint density at radius 3 is 2.68 bits per heavy atom. The standard InChI is InChI=1S/C23H25FN2O5/c1-14(2)31-12-6-11-26-20(17-7-4-5-10-25-17)19(22(28)23(26)29)21(27)16-13-15(24)8-9-18(16)30-3/h4-5,7-10,13-14,20,27H,6,11-12H2,1-3H3/b21-19+. The zero-order valence-electron chi connectivity index (χ0n) is 17.7. The Bertz CT molecular complexity index is 991. The predicted octanol–water partition coefficient (Wildman–Crippen LogP) is 3.47. The highest BCUT2D eigenvalue weighted by Crippen LogP contribution is 2.40. The van der Waals surface area contributed by atoms with Gasteiger partial charge in [0.1, 0.15) is 23.4 Å². The van der Waals surface area contributed by atoms with Gasteiger partial charge in [-0.1, -0.05) is 6.07 Å². The fourth-order valence-electron chi connectivity index (χ4n) is 3.52. The minimum absolute atomic E-state index is 0.00966. The summed E-state index contributed by atoms with van der Waals surface area (Å²) in [5.74, 6) is -2.56. The number of carbonyl (C=O) groups is 2. The topological polar surface area (TPSA) is 89.0 Å². The molecule has 1 aromatic heterocycles. The van der Waals surface area contributed by atoms with Crippen LogP contribution in [0.3, 0.4) is 0 Å². The van der Waals surface area contributed by atoms with Crippen molar-refractivity contribution in [3.8, 4) is 5.75 Å². The molecule has 2 aromatic rings. The predicted molar refractivity (Wildman–Crippen MR) is 112 cm³/mol. The van der Waals surface area contributed by atoms with Gasteiger partial charge in [-0.05, 0) is 50.6 Å². The SMILES string of the molecule is COc1ccc(F)cc1/C(O)=C1\C(=O)C(=O)N(CCCOC(C)C)C1c1ccccn1. The van der Waals surface area contributed by atoms with Gasteiger partial charge in [0, 0.05) is 19.3 Å². The zero-order valence-corrected chi connectivity index (χ0v) is 17.7. The molecule has 8 heteroatoms. The highest BCUT2D eigenvalue weighted by Gasteiger charge is 2.46. The number of Topliss-reactive ketones (excluding diaryl/α,β-unsaturated/α-hetero) is 1. The van der Waals surface area contributed by atoms with E-state index in [-0.39, 0.29) is 29.5 Å². The maximum atomic E-state index is 13.9. The van der Waals surface area contributed by atoms with Crippen molar-refractivity contribution in [2.75, 3.05) is 20.3 Å². The van der Waals surface area contributed by atoms with Gasteiger partial charge >= 0.3 is 0 Å². The molecule has 1 saturated heterocycles. The number of aliphatic hydroxyl groups is 1. The second kappa shape index (κ2) is 9.70. The van der Waals surface area contributed by atoms with Crippen molar-refractivity contribution in [2.45, 2.75) is 32.4 Å². The van der Waals surface area contributed by atoms with E-state index in [9.17, 15) is 19.1 Å². The van der Waals surface area contributed by atoms with Gasteiger partial charge in [0.25, 0.3) is 11.7 Å². The molecule has 1 N–H and O–H groups in total. The van der Waals surface area contributed by atoms with Crippen molar-refractivity contribution >= 4 is 17.4 Å². The Hall–Kier alpha value is -3.26. The van der Waals surface area contributed by atoms with E-state index in [0.717, 1.165) is 6.07 Å². The lowest BCUT2D eigenvalue weighted by molar-refractivity contribution is -0.140. The molecule has 0 saturated carbocycles. The van der Waals surface area contributed by atoms with Gasteiger partial charge in [0.15, 0.2) is 0 Å². The number of aromatic nitrogens is 1. The van der Waals surface area contributed by atoms with E-state index in [2.05, 4.69) is 4.98 Å². The van der Waals surface area contributed by atoms with Crippen LogP contribution in [0.2, 0.25) is 0 Å². The number of carbonyl (C=O) groups excluding carboxylic acids is 2. The van der Waals surface area contributed by atoms with Crippen LogP contribution in [0.5, 0.6) is 5.75 Å². The van der Waals surface area contributed by atoms with Crippen LogP contribution in [0.1, 0.15) is 37.6 Å². The Morgan fingerprint density at radius 1 is 1.26 bits per heavy atom. The Labute approximate surface area is 180 Å². The largest absolute Gasteiger partial charge is 0.507 e. The maximum Gasteiger partial charge on any atom is 0.295 e. The number of nitrogens with zero attached hydrogens (tertiary/aromatic N) is 2. The Balaban J connectivity index is 2.07. The average Bonchev–Trinajstić information content (AvgIpc) is 3.01. The second-order valence-corrected chi connectivity index (χ2v) is 7.36. The molecule has 0 bridgehead atoms. The number of pyridine rings is 1. The lowest BCUT2D eigenvalue weighted by atomic mass is 9.97. The average molecular weight is 428 g/mol. The third-order valence-electron chi connectivity index (χ3n) is 4.92. The number of hydrogen-bond donors (Lipinski definition) is 1. The molecule has 0 aliphatic carbocycles. The molecular formula is C23H25FN2O5.